The number of aliphatic hydroxyl groups excluding tert-OH is 1. The number of esters is 1. The van der Waals surface area contributed by atoms with E-state index in [9.17, 15) is 19.5 Å². The topological polar surface area (TPSA) is 87.2 Å². The van der Waals surface area contributed by atoms with Gasteiger partial charge in [0.2, 0.25) is 11.8 Å². The highest BCUT2D eigenvalue weighted by atomic mass is 32.2. The van der Waals surface area contributed by atoms with Gasteiger partial charge in [0.25, 0.3) is 0 Å². The quantitative estimate of drug-likeness (QED) is 0.356. The van der Waals surface area contributed by atoms with Crippen LogP contribution in [0.25, 0.3) is 0 Å². The summed E-state index contributed by atoms with van der Waals surface area (Å²) in [6.45, 7) is 17.4. The Labute approximate surface area is 245 Å². The standard InChI is InChI=1S/C32H50N2O5S/c1-21(2)18-22(19-35)34-25-27(37)33(30(6,7)20-29(3,4)5)16-13-15-32(25)23(26(34)36)24-28(38)39-17-12-10-9-11-14-31(24,8)40-32/h11,13-15,21-25,35H,9-10,12,16-20H2,1-8H3/b14-11-/t22-,23+,24-,25?,31+,32+/m1/s1. The van der Waals surface area contributed by atoms with Crippen molar-refractivity contribution in [2.75, 3.05) is 19.8 Å². The van der Waals surface area contributed by atoms with E-state index in [0.29, 0.717) is 19.6 Å². The van der Waals surface area contributed by atoms with Crippen molar-refractivity contribution in [1.82, 2.24) is 9.80 Å². The number of likely N-dealkylation sites (tertiary alicyclic amines) is 1. The lowest BCUT2D eigenvalue weighted by Gasteiger charge is -2.46. The number of hydrogen-bond donors (Lipinski definition) is 1. The molecule has 8 heteroatoms. The molecule has 4 heterocycles. The van der Waals surface area contributed by atoms with Gasteiger partial charge in [-0.2, -0.15) is 0 Å². The summed E-state index contributed by atoms with van der Waals surface area (Å²) in [5.74, 6) is -1.95. The molecule has 2 amide bonds. The highest BCUT2D eigenvalue weighted by Crippen LogP contribution is 2.65. The lowest BCUT2D eigenvalue weighted by Crippen LogP contribution is -2.60. The monoisotopic (exact) mass is 574 g/mol. The van der Waals surface area contributed by atoms with Crippen molar-refractivity contribution >= 4 is 29.5 Å². The number of aliphatic hydroxyl groups is 1. The van der Waals surface area contributed by atoms with Crippen LogP contribution in [0.2, 0.25) is 0 Å². The predicted molar refractivity (Wildman–Crippen MR) is 160 cm³/mol. The molecule has 4 aliphatic rings. The normalized spacial score (nSPS) is 34.8. The molecule has 0 bridgehead atoms. The Morgan fingerprint density at radius 3 is 2.38 bits per heavy atom. The second-order valence-corrected chi connectivity index (χ2v) is 16.5. The van der Waals surface area contributed by atoms with E-state index in [1.54, 1.807) is 16.7 Å². The number of carbonyl (C=O) groups excluding carboxylic acids is 3. The van der Waals surface area contributed by atoms with E-state index >= 15 is 0 Å². The largest absolute Gasteiger partial charge is 0.465 e. The maximum absolute atomic E-state index is 14.9. The molecule has 1 unspecified atom stereocenters. The number of amides is 2. The van der Waals surface area contributed by atoms with Crippen molar-refractivity contribution in [3.8, 4) is 0 Å². The second-order valence-electron chi connectivity index (χ2n) is 14.7. The third-order valence-corrected chi connectivity index (χ3v) is 10.8. The zero-order valence-electron chi connectivity index (χ0n) is 25.7. The van der Waals surface area contributed by atoms with Crippen molar-refractivity contribution in [3.05, 3.63) is 24.3 Å². The zero-order valence-corrected chi connectivity index (χ0v) is 26.6. The molecule has 224 valence electrons. The second kappa shape index (κ2) is 11.1. The first kappa shape index (κ1) is 31.1. The minimum atomic E-state index is -0.943. The highest BCUT2D eigenvalue weighted by molar-refractivity contribution is 8.02. The molecule has 40 heavy (non-hydrogen) atoms. The first-order chi connectivity index (χ1) is 18.6. The van der Waals surface area contributed by atoms with E-state index in [1.165, 1.54) is 0 Å². The lowest BCUT2D eigenvalue weighted by atomic mass is 9.74. The highest BCUT2D eigenvalue weighted by Gasteiger charge is 2.74. The minimum Gasteiger partial charge on any atom is -0.465 e. The van der Waals surface area contributed by atoms with Crippen LogP contribution in [0.3, 0.4) is 0 Å². The van der Waals surface area contributed by atoms with Gasteiger partial charge < -0.3 is 19.6 Å². The molecule has 0 aromatic carbocycles. The third kappa shape index (κ3) is 5.51. The van der Waals surface area contributed by atoms with Gasteiger partial charge in [-0.3, -0.25) is 14.4 Å². The molecular formula is C32H50N2O5S. The average Bonchev–Trinajstić information content (AvgIpc) is 3.15. The van der Waals surface area contributed by atoms with E-state index in [-0.39, 0.29) is 35.7 Å². The number of carbonyl (C=O) groups is 3. The van der Waals surface area contributed by atoms with Crippen LogP contribution in [0.15, 0.2) is 24.3 Å². The van der Waals surface area contributed by atoms with Gasteiger partial charge in [-0.25, -0.2) is 0 Å². The van der Waals surface area contributed by atoms with E-state index in [2.05, 4.69) is 66.7 Å². The molecule has 4 rings (SSSR count). The Morgan fingerprint density at radius 1 is 1.05 bits per heavy atom. The summed E-state index contributed by atoms with van der Waals surface area (Å²) in [6.07, 6.45) is 12.2. The molecule has 1 spiro atoms. The maximum atomic E-state index is 14.9. The first-order valence-electron chi connectivity index (χ1n) is 15.0. The molecule has 1 N–H and O–H groups in total. The summed E-state index contributed by atoms with van der Waals surface area (Å²) >= 11 is 1.57. The Morgan fingerprint density at radius 2 is 1.75 bits per heavy atom. The fourth-order valence-corrected chi connectivity index (χ4v) is 10.0. The van der Waals surface area contributed by atoms with Gasteiger partial charge in [-0.15, -0.1) is 11.8 Å². The average molecular weight is 575 g/mol. The summed E-state index contributed by atoms with van der Waals surface area (Å²) in [6, 6.07) is -1.33. The molecule has 0 aliphatic carbocycles. The van der Waals surface area contributed by atoms with Crippen molar-refractivity contribution in [2.24, 2.45) is 23.2 Å². The van der Waals surface area contributed by atoms with Gasteiger partial charge in [0.05, 0.1) is 35.8 Å². The molecule has 2 saturated heterocycles. The number of cyclic esters (lactones) is 1. The molecule has 0 saturated carbocycles. The van der Waals surface area contributed by atoms with E-state index in [4.69, 9.17) is 4.74 Å². The number of allylic oxidation sites excluding steroid dienone is 1. The summed E-state index contributed by atoms with van der Waals surface area (Å²) in [7, 11) is 0. The van der Waals surface area contributed by atoms with Gasteiger partial charge in [-0.05, 0) is 64.2 Å². The van der Waals surface area contributed by atoms with E-state index < -0.39 is 39.0 Å². The molecular weight excluding hydrogens is 524 g/mol. The Balaban J connectivity index is 1.89. The fraction of sp³-hybridized carbons (Fsp3) is 0.781. The van der Waals surface area contributed by atoms with Crippen molar-refractivity contribution in [3.63, 3.8) is 0 Å². The number of hydrogen-bond acceptors (Lipinski definition) is 6. The third-order valence-electron chi connectivity index (χ3n) is 8.98. The van der Waals surface area contributed by atoms with E-state index in [0.717, 1.165) is 25.7 Å². The predicted octanol–water partition coefficient (Wildman–Crippen LogP) is 4.98. The lowest BCUT2D eigenvalue weighted by molar-refractivity contribution is -0.155. The molecule has 7 nitrogen and oxygen atoms in total. The summed E-state index contributed by atoms with van der Waals surface area (Å²) in [4.78, 5) is 46.8. The smallest absolute Gasteiger partial charge is 0.311 e. The number of thioether (sulfide) groups is 1. The van der Waals surface area contributed by atoms with E-state index in [1.807, 2.05) is 17.9 Å². The van der Waals surface area contributed by atoms with Crippen LogP contribution in [-0.2, 0) is 19.1 Å². The van der Waals surface area contributed by atoms with Gasteiger partial charge in [0.15, 0.2) is 0 Å². The molecule has 0 aromatic rings. The van der Waals surface area contributed by atoms with Crippen molar-refractivity contribution in [2.45, 2.75) is 115 Å². The summed E-state index contributed by atoms with van der Waals surface area (Å²) < 4.78 is 4.14. The van der Waals surface area contributed by atoms with Crippen LogP contribution in [0.5, 0.6) is 0 Å². The molecule has 2 fully saturated rings. The fourth-order valence-electron chi connectivity index (χ4n) is 7.89. The van der Waals surface area contributed by atoms with Crippen molar-refractivity contribution in [1.29, 1.82) is 0 Å². The molecule has 0 aromatic heterocycles. The van der Waals surface area contributed by atoms with Crippen LogP contribution < -0.4 is 0 Å². The number of nitrogens with zero attached hydrogens (tertiary/aromatic N) is 2. The molecule has 0 radical (unpaired) electrons. The van der Waals surface area contributed by atoms with Gasteiger partial charge in [-0.1, -0.05) is 58.9 Å². The maximum Gasteiger partial charge on any atom is 0.311 e. The Kier molecular flexibility index (Phi) is 8.66. The summed E-state index contributed by atoms with van der Waals surface area (Å²) in [5, 5.41) is 10.6. The van der Waals surface area contributed by atoms with Crippen LogP contribution in [0, 0.1) is 23.2 Å². The number of ether oxygens (including phenoxy) is 1. The van der Waals surface area contributed by atoms with Crippen molar-refractivity contribution < 1.29 is 24.2 Å². The van der Waals surface area contributed by atoms with Gasteiger partial charge >= 0.3 is 5.97 Å². The van der Waals surface area contributed by atoms with Crippen LogP contribution in [-0.4, -0.2) is 79.6 Å². The first-order valence-corrected chi connectivity index (χ1v) is 15.9. The number of rotatable bonds is 6. The molecule has 4 aliphatic heterocycles. The van der Waals surface area contributed by atoms with Gasteiger partial charge in [0.1, 0.15) is 6.04 Å². The van der Waals surface area contributed by atoms with Gasteiger partial charge in [0, 0.05) is 16.8 Å². The minimum absolute atomic E-state index is 0.0108. The van der Waals surface area contributed by atoms with Crippen LogP contribution in [0.4, 0.5) is 0 Å². The Bertz CT molecular complexity index is 1060. The van der Waals surface area contributed by atoms with Crippen LogP contribution in [0.1, 0.15) is 87.5 Å². The number of fused-ring (bicyclic) bond motifs is 2. The molecule has 6 atom stereocenters. The van der Waals surface area contributed by atoms with Crippen LogP contribution >= 0.6 is 11.8 Å². The Hall–Kier alpha value is -1.80. The SMILES string of the molecule is CC(C)C[C@H](CO)N1C(=O)[C@@H]2[C@@H]3C(=O)OCCCC/C=C\[C@]3(C)S[C@@]23C=CCN(C(C)(C)CC(C)(C)C)C(=O)C13. The zero-order chi connectivity index (χ0) is 29.7. The summed E-state index contributed by atoms with van der Waals surface area (Å²) in [5.41, 5.74) is -0.475.